The molecule has 1 fully saturated rings. The Hall–Kier alpha value is -3.74. The van der Waals surface area contributed by atoms with E-state index < -0.39 is 23.9 Å². The standard InChI is InChI=1S/C31H27ClN2O3S/c1-33-31(37)29-26(21-14-16-23(32)17-15-21)27(30(36)24-13-8-18-38-24)28(22-11-6-3-7-12-22)34(29)25(35)19-20-9-4-2-5-10-20/h2-18,26-29H,19H2,1H3,(H,33,37). The molecule has 1 aliphatic rings. The molecule has 5 rings (SSSR count). The first-order valence-corrected chi connectivity index (χ1v) is 13.7. The molecule has 0 saturated carbocycles. The molecule has 7 heteroatoms. The third kappa shape index (κ3) is 5.02. The Bertz CT molecular complexity index is 1410. The number of nitrogens with zero attached hydrogens (tertiary/aromatic N) is 1. The summed E-state index contributed by atoms with van der Waals surface area (Å²) in [7, 11) is 1.56. The Morgan fingerprint density at radius 3 is 2.11 bits per heavy atom. The maximum absolute atomic E-state index is 14.2. The van der Waals surface area contributed by atoms with Crippen LogP contribution < -0.4 is 5.32 Å². The highest BCUT2D eigenvalue weighted by molar-refractivity contribution is 7.12. The summed E-state index contributed by atoms with van der Waals surface area (Å²) in [6, 6.07) is 28.3. The van der Waals surface area contributed by atoms with Crippen LogP contribution in [-0.2, 0) is 16.0 Å². The predicted molar refractivity (Wildman–Crippen MR) is 150 cm³/mol. The topological polar surface area (TPSA) is 66.5 Å². The van der Waals surface area contributed by atoms with Crippen LogP contribution in [0.2, 0.25) is 5.02 Å². The molecule has 0 spiro atoms. The van der Waals surface area contributed by atoms with Crippen molar-refractivity contribution in [1.29, 1.82) is 0 Å². The smallest absolute Gasteiger partial charge is 0.243 e. The van der Waals surface area contributed by atoms with E-state index in [1.807, 2.05) is 84.2 Å². The second-order valence-corrected chi connectivity index (χ2v) is 10.7. The normalized spacial score (nSPS) is 20.7. The average molecular weight is 543 g/mol. The van der Waals surface area contributed by atoms with Gasteiger partial charge in [-0.3, -0.25) is 14.4 Å². The molecule has 1 aromatic heterocycles. The van der Waals surface area contributed by atoms with E-state index >= 15 is 0 Å². The molecule has 0 bridgehead atoms. The van der Waals surface area contributed by atoms with Crippen molar-refractivity contribution in [2.45, 2.75) is 24.4 Å². The number of thiophene rings is 1. The lowest BCUT2D eigenvalue weighted by Crippen LogP contribution is -2.48. The van der Waals surface area contributed by atoms with E-state index in [1.165, 1.54) is 11.3 Å². The number of amides is 2. The van der Waals surface area contributed by atoms with E-state index in [0.717, 1.165) is 16.7 Å². The lowest BCUT2D eigenvalue weighted by Gasteiger charge is -2.31. The number of benzene rings is 3. The van der Waals surface area contributed by atoms with Crippen LogP contribution in [0.5, 0.6) is 0 Å². The third-order valence-corrected chi connectivity index (χ3v) is 8.27. The average Bonchev–Trinajstić information content (AvgIpc) is 3.61. The minimum atomic E-state index is -0.892. The molecule has 4 aromatic rings. The summed E-state index contributed by atoms with van der Waals surface area (Å²) in [5.41, 5.74) is 2.44. The van der Waals surface area contributed by atoms with E-state index in [2.05, 4.69) is 5.32 Å². The zero-order valence-electron chi connectivity index (χ0n) is 20.8. The summed E-state index contributed by atoms with van der Waals surface area (Å²) >= 11 is 7.58. The van der Waals surface area contributed by atoms with Crippen LogP contribution in [0.25, 0.3) is 0 Å². The number of nitrogens with one attached hydrogen (secondary N) is 1. The van der Waals surface area contributed by atoms with Gasteiger partial charge in [-0.05, 0) is 40.3 Å². The Labute approximate surface area is 231 Å². The second kappa shape index (κ2) is 11.3. The lowest BCUT2D eigenvalue weighted by molar-refractivity contribution is -0.140. The fraction of sp³-hybridized carbons (Fsp3) is 0.194. The van der Waals surface area contributed by atoms with Crippen LogP contribution in [0.4, 0.5) is 0 Å². The molecule has 4 unspecified atom stereocenters. The highest BCUT2D eigenvalue weighted by Gasteiger charge is 2.57. The van der Waals surface area contributed by atoms with Gasteiger partial charge in [0.2, 0.25) is 11.8 Å². The summed E-state index contributed by atoms with van der Waals surface area (Å²) in [5.74, 6) is -1.86. The largest absolute Gasteiger partial charge is 0.357 e. The van der Waals surface area contributed by atoms with Crippen molar-refractivity contribution in [3.8, 4) is 0 Å². The van der Waals surface area contributed by atoms with E-state index in [0.29, 0.717) is 9.90 Å². The van der Waals surface area contributed by atoms with Gasteiger partial charge >= 0.3 is 0 Å². The highest BCUT2D eigenvalue weighted by Crippen LogP contribution is 2.51. The first-order valence-electron chi connectivity index (χ1n) is 12.4. The Morgan fingerprint density at radius 2 is 1.50 bits per heavy atom. The molecule has 1 aliphatic heterocycles. The molecule has 2 heterocycles. The number of Topliss-reactive ketones (excluding diaryl/α,β-unsaturated/α-hetero) is 1. The fourth-order valence-corrected chi connectivity index (χ4v) is 6.34. The molecule has 0 radical (unpaired) electrons. The zero-order valence-corrected chi connectivity index (χ0v) is 22.4. The highest BCUT2D eigenvalue weighted by atomic mass is 35.5. The number of carbonyl (C=O) groups excluding carboxylic acids is 3. The molecule has 4 atom stereocenters. The monoisotopic (exact) mass is 542 g/mol. The zero-order chi connectivity index (χ0) is 26.6. The molecular weight excluding hydrogens is 516 g/mol. The van der Waals surface area contributed by atoms with Crippen molar-refractivity contribution in [1.82, 2.24) is 10.2 Å². The van der Waals surface area contributed by atoms with E-state index in [4.69, 9.17) is 11.6 Å². The maximum Gasteiger partial charge on any atom is 0.243 e. The van der Waals surface area contributed by atoms with Crippen molar-refractivity contribution < 1.29 is 14.4 Å². The number of carbonyl (C=O) groups is 3. The molecule has 38 heavy (non-hydrogen) atoms. The van der Waals surface area contributed by atoms with Crippen molar-refractivity contribution in [3.63, 3.8) is 0 Å². The Kier molecular flexibility index (Phi) is 7.72. The summed E-state index contributed by atoms with van der Waals surface area (Å²) in [4.78, 5) is 44.2. The lowest BCUT2D eigenvalue weighted by atomic mass is 9.77. The molecule has 2 amide bonds. The molecule has 192 valence electrons. The van der Waals surface area contributed by atoms with Gasteiger partial charge in [0.15, 0.2) is 5.78 Å². The van der Waals surface area contributed by atoms with Gasteiger partial charge in [0.1, 0.15) is 6.04 Å². The summed E-state index contributed by atoms with van der Waals surface area (Å²) in [6.45, 7) is 0. The van der Waals surface area contributed by atoms with Crippen LogP contribution >= 0.6 is 22.9 Å². The predicted octanol–water partition coefficient (Wildman–Crippen LogP) is 5.93. The van der Waals surface area contributed by atoms with Gasteiger partial charge in [-0.25, -0.2) is 0 Å². The second-order valence-electron chi connectivity index (χ2n) is 9.32. The maximum atomic E-state index is 14.2. The van der Waals surface area contributed by atoms with Crippen LogP contribution in [-0.4, -0.2) is 35.6 Å². The first-order chi connectivity index (χ1) is 18.5. The molecule has 3 aromatic carbocycles. The van der Waals surface area contributed by atoms with Gasteiger partial charge in [-0.1, -0.05) is 90.5 Å². The van der Waals surface area contributed by atoms with E-state index in [1.54, 1.807) is 30.1 Å². The Morgan fingerprint density at radius 1 is 0.842 bits per heavy atom. The van der Waals surface area contributed by atoms with Gasteiger partial charge in [-0.15, -0.1) is 11.3 Å². The molecule has 0 aliphatic carbocycles. The van der Waals surface area contributed by atoms with Crippen LogP contribution in [0, 0.1) is 5.92 Å². The molecule has 5 nitrogen and oxygen atoms in total. The number of likely N-dealkylation sites (tertiary alicyclic amines) is 1. The summed E-state index contributed by atoms with van der Waals surface area (Å²) in [5, 5.41) is 5.19. The van der Waals surface area contributed by atoms with Crippen LogP contribution in [0.3, 0.4) is 0 Å². The number of rotatable bonds is 7. The number of hydrogen-bond acceptors (Lipinski definition) is 4. The molecule has 1 N–H and O–H groups in total. The van der Waals surface area contributed by atoms with Gasteiger partial charge < -0.3 is 10.2 Å². The Balaban J connectivity index is 1.72. The van der Waals surface area contributed by atoms with Crippen molar-refractivity contribution in [2.24, 2.45) is 5.92 Å². The van der Waals surface area contributed by atoms with E-state index in [-0.39, 0.29) is 24.0 Å². The third-order valence-electron chi connectivity index (χ3n) is 7.13. The molecular formula is C31H27ClN2O3S. The minimum absolute atomic E-state index is 0.0854. The first kappa shape index (κ1) is 25.9. The van der Waals surface area contributed by atoms with Crippen molar-refractivity contribution >= 4 is 40.5 Å². The van der Waals surface area contributed by atoms with Crippen molar-refractivity contribution in [3.05, 3.63) is 129 Å². The SMILES string of the molecule is CNC(=O)C1C(c2ccc(Cl)cc2)C(C(=O)c2cccs2)C(c2ccccc2)N1C(=O)Cc1ccccc1. The van der Waals surface area contributed by atoms with Crippen molar-refractivity contribution in [2.75, 3.05) is 7.05 Å². The molecule has 1 saturated heterocycles. The van der Waals surface area contributed by atoms with E-state index in [9.17, 15) is 14.4 Å². The van der Waals surface area contributed by atoms with Gasteiger partial charge in [0.25, 0.3) is 0 Å². The number of hydrogen-bond donors (Lipinski definition) is 1. The van der Waals surface area contributed by atoms with Gasteiger partial charge in [-0.2, -0.15) is 0 Å². The van der Waals surface area contributed by atoms with Gasteiger partial charge in [0, 0.05) is 18.0 Å². The van der Waals surface area contributed by atoms with Gasteiger partial charge in [0.05, 0.1) is 23.3 Å². The summed E-state index contributed by atoms with van der Waals surface area (Å²) < 4.78 is 0. The minimum Gasteiger partial charge on any atom is -0.357 e. The quantitative estimate of drug-likeness (QED) is 0.295. The summed E-state index contributed by atoms with van der Waals surface area (Å²) in [6.07, 6.45) is 0.116. The number of halogens is 1. The van der Waals surface area contributed by atoms with Crippen LogP contribution in [0.1, 0.15) is 38.3 Å². The number of ketones is 1. The fourth-order valence-electron chi connectivity index (χ4n) is 5.50. The number of likely N-dealkylation sites (N-methyl/N-ethyl adjacent to an activating group) is 1. The van der Waals surface area contributed by atoms with Crippen LogP contribution in [0.15, 0.2) is 102 Å².